The van der Waals surface area contributed by atoms with Gasteiger partial charge < -0.3 is 15.1 Å². The molecule has 0 unspecified atom stereocenters. The second kappa shape index (κ2) is 7.97. The Morgan fingerprint density at radius 2 is 2.04 bits per heavy atom. The van der Waals surface area contributed by atoms with Gasteiger partial charge in [-0.15, -0.1) is 12.6 Å². The van der Waals surface area contributed by atoms with Crippen molar-refractivity contribution in [2.75, 3.05) is 4.90 Å². The Balaban J connectivity index is 2.19. The summed E-state index contributed by atoms with van der Waals surface area (Å²) in [5, 5.41) is 21.1. The topological polar surface area (TPSA) is 43.7 Å². The maximum Gasteiger partial charge on any atom is 0.128 e. The Morgan fingerprint density at radius 3 is 2.70 bits per heavy atom. The van der Waals surface area contributed by atoms with Crippen LogP contribution in [-0.2, 0) is 12.8 Å². The molecule has 3 nitrogen and oxygen atoms in total. The summed E-state index contributed by atoms with van der Waals surface area (Å²) in [7, 11) is 0. The number of hydrogen-bond donors (Lipinski definition) is 3. The summed E-state index contributed by atoms with van der Waals surface area (Å²) in [4.78, 5) is 1.95. The molecule has 2 N–H and O–H groups in total. The van der Waals surface area contributed by atoms with Gasteiger partial charge in [-0.05, 0) is 49.4 Å². The molecule has 0 radical (unpaired) electrons. The van der Waals surface area contributed by atoms with E-state index in [9.17, 15) is 10.2 Å². The third-order valence-corrected chi connectivity index (χ3v) is 5.11. The van der Waals surface area contributed by atoms with E-state index in [-0.39, 0.29) is 11.5 Å². The van der Waals surface area contributed by atoms with E-state index in [0.717, 1.165) is 35.4 Å². The van der Waals surface area contributed by atoms with Crippen LogP contribution < -0.4 is 4.90 Å². The van der Waals surface area contributed by atoms with E-state index in [4.69, 9.17) is 0 Å². The van der Waals surface area contributed by atoms with Crippen molar-refractivity contribution in [2.45, 2.75) is 33.1 Å². The average Bonchev–Trinajstić information content (AvgIpc) is 2.66. The molecule has 2 aromatic carbocycles. The number of anilines is 1. The highest BCUT2D eigenvalue weighted by Gasteiger charge is 2.22. The molecule has 0 bridgehead atoms. The Bertz CT molecular complexity index is 944. The molecule has 140 valence electrons. The molecule has 1 aliphatic carbocycles. The largest absolute Gasteiger partial charge is 0.508 e. The molecule has 4 heteroatoms. The molecule has 0 saturated heterocycles. The van der Waals surface area contributed by atoms with Crippen molar-refractivity contribution in [1.82, 2.24) is 0 Å². The van der Waals surface area contributed by atoms with Gasteiger partial charge in [-0.3, -0.25) is 0 Å². The number of phenols is 2. The summed E-state index contributed by atoms with van der Waals surface area (Å²) in [5.41, 5.74) is 5.60. The Labute approximate surface area is 166 Å². The predicted octanol–water partition coefficient (Wildman–Crippen LogP) is 5.89. The fraction of sp³-hybridized carbons (Fsp3) is 0.217. The van der Waals surface area contributed by atoms with Crippen LogP contribution in [-0.4, -0.2) is 10.2 Å². The van der Waals surface area contributed by atoms with Gasteiger partial charge in [0.25, 0.3) is 0 Å². The summed E-state index contributed by atoms with van der Waals surface area (Å²) < 4.78 is 0. The fourth-order valence-electron chi connectivity index (χ4n) is 3.57. The zero-order valence-electron chi connectivity index (χ0n) is 15.7. The second-order valence-electron chi connectivity index (χ2n) is 6.57. The normalized spacial score (nSPS) is 13.4. The van der Waals surface area contributed by atoms with Gasteiger partial charge in [0.1, 0.15) is 11.5 Å². The van der Waals surface area contributed by atoms with Gasteiger partial charge >= 0.3 is 0 Å². The highest BCUT2D eigenvalue weighted by Crippen LogP contribution is 2.40. The summed E-state index contributed by atoms with van der Waals surface area (Å²) in [6.45, 7) is 7.95. The highest BCUT2D eigenvalue weighted by atomic mass is 32.1. The molecule has 1 aliphatic rings. The maximum absolute atomic E-state index is 10.5. The van der Waals surface area contributed by atoms with Gasteiger partial charge in [-0.25, -0.2) is 0 Å². The van der Waals surface area contributed by atoms with Crippen LogP contribution in [0.4, 0.5) is 5.69 Å². The van der Waals surface area contributed by atoms with E-state index in [1.54, 1.807) is 0 Å². The number of thiol groups is 1. The maximum atomic E-state index is 10.5. The first-order valence-electron chi connectivity index (χ1n) is 9.15. The van der Waals surface area contributed by atoms with Crippen molar-refractivity contribution in [3.8, 4) is 11.5 Å². The third kappa shape index (κ3) is 3.62. The number of rotatable bonds is 5. The molecule has 0 fully saturated rings. The first kappa shape index (κ1) is 19.2. The SMILES string of the molecule is C=C(S)N(/C(=C\C)c1cc(CC)c(O)cc1O)c1cccc2c1C=CCC2. The monoisotopic (exact) mass is 379 g/mol. The van der Waals surface area contributed by atoms with Crippen LogP contribution >= 0.6 is 12.6 Å². The molecule has 0 aliphatic heterocycles. The first-order chi connectivity index (χ1) is 13.0. The van der Waals surface area contributed by atoms with Crippen molar-refractivity contribution in [3.63, 3.8) is 0 Å². The van der Waals surface area contributed by atoms with E-state index in [2.05, 4.69) is 37.4 Å². The molecule has 2 aromatic rings. The van der Waals surface area contributed by atoms with E-state index in [1.807, 2.05) is 43.0 Å². The number of aromatic hydroxyl groups is 2. The van der Waals surface area contributed by atoms with E-state index >= 15 is 0 Å². The summed E-state index contributed by atoms with van der Waals surface area (Å²) >= 11 is 4.55. The van der Waals surface area contributed by atoms with Crippen LogP contribution in [0.15, 0.2) is 54.1 Å². The lowest BCUT2D eigenvalue weighted by atomic mass is 9.94. The van der Waals surface area contributed by atoms with E-state index < -0.39 is 0 Å². The lowest BCUT2D eigenvalue weighted by molar-refractivity contribution is 0.445. The minimum absolute atomic E-state index is 0.0257. The third-order valence-electron chi connectivity index (χ3n) is 4.91. The number of allylic oxidation sites excluding steroid dienone is 2. The number of benzene rings is 2. The van der Waals surface area contributed by atoms with Gasteiger partial charge in [0.05, 0.1) is 16.4 Å². The zero-order chi connectivity index (χ0) is 19.6. The van der Waals surface area contributed by atoms with Crippen molar-refractivity contribution < 1.29 is 10.2 Å². The molecule has 27 heavy (non-hydrogen) atoms. The van der Waals surface area contributed by atoms with E-state index in [0.29, 0.717) is 17.0 Å². The minimum Gasteiger partial charge on any atom is -0.508 e. The number of phenolic OH excluding ortho intramolecular Hbond substituents is 2. The molecule has 0 saturated carbocycles. The molecule has 3 rings (SSSR count). The quantitative estimate of drug-likeness (QED) is 0.568. The molecule has 0 spiro atoms. The molecule has 0 heterocycles. The van der Waals surface area contributed by atoms with Crippen molar-refractivity contribution in [3.05, 3.63) is 76.3 Å². The Morgan fingerprint density at radius 1 is 1.26 bits per heavy atom. The van der Waals surface area contributed by atoms with E-state index in [1.165, 1.54) is 11.6 Å². The van der Waals surface area contributed by atoms with Gasteiger partial charge in [0.2, 0.25) is 0 Å². The molecular weight excluding hydrogens is 354 g/mol. The van der Waals surface area contributed by atoms with Crippen LogP contribution in [0.3, 0.4) is 0 Å². The van der Waals surface area contributed by atoms with Crippen LogP contribution in [0.25, 0.3) is 11.8 Å². The summed E-state index contributed by atoms with van der Waals surface area (Å²) in [6.07, 6.45) is 8.95. The van der Waals surface area contributed by atoms with Gasteiger partial charge in [0.15, 0.2) is 0 Å². The number of fused-ring (bicyclic) bond motifs is 1. The predicted molar refractivity (Wildman–Crippen MR) is 117 cm³/mol. The minimum atomic E-state index is 0.0257. The number of nitrogens with zero attached hydrogens (tertiary/aromatic N) is 1. The van der Waals surface area contributed by atoms with Crippen molar-refractivity contribution >= 4 is 30.1 Å². The molecule has 0 aromatic heterocycles. The number of aryl methyl sites for hydroxylation is 2. The fourth-order valence-corrected chi connectivity index (χ4v) is 3.78. The Hall–Kier alpha value is -2.59. The second-order valence-corrected chi connectivity index (χ2v) is 7.08. The smallest absolute Gasteiger partial charge is 0.128 e. The summed E-state index contributed by atoms with van der Waals surface area (Å²) in [5.74, 6) is 0.128. The molecule has 0 atom stereocenters. The van der Waals surface area contributed by atoms with Gasteiger partial charge in [0, 0.05) is 17.2 Å². The first-order valence-corrected chi connectivity index (χ1v) is 9.60. The average molecular weight is 380 g/mol. The number of hydrogen-bond acceptors (Lipinski definition) is 4. The highest BCUT2D eigenvalue weighted by molar-refractivity contribution is 7.84. The van der Waals surface area contributed by atoms with Crippen LogP contribution in [0.5, 0.6) is 11.5 Å². The zero-order valence-corrected chi connectivity index (χ0v) is 16.6. The van der Waals surface area contributed by atoms with Gasteiger partial charge in [-0.1, -0.05) is 43.9 Å². The lowest BCUT2D eigenvalue weighted by Crippen LogP contribution is -2.20. The van der Waals surface area contributed by atoms with Crippen LogP contribution in [0.1, 0.15) is 42.5 Å². The van der Waals surface area contributed by atoms with Crippen molar-refractivity contribution in [1.29, 1.82) is 0 Å². The molecular formula is C23H25NO2S. The Kier molecular flexibility index (Phi) is 5.66. The lowest BCUT2D eigenvalue weighted by Gasteiger charge is -2.30. The molecule has 0 amide bonds. The van der Waals surface area contributed by atoms with Gasteiger partial charge in [-0.2, -0.15) is 0 Å². The standard InChI is InChI=1S/C23H25NO2S/c1-4-16-13-19(23(26)14-22(16)25)20(5-2)24(15(3)27)21-12-8-10-17-9-6-7-11-18(17)21/h5,7-8,10-14,25-27H,3-4,6,9H2,1-2H3/b20-5-. The summed E-state index contributed by atoms with van der Waals surface area (Å²) in [6, 6.07) is 9.45. The van der Waals surface area contributed by atoms with Crippen molar-refractivity contribution in [2.24, 2.45) is 0 Å². The van der Waals surface area contributed by atoms with Crippen LogP contribution in [0, 0.1) is 0 Å². The van der Waals surface area contributed by atoms with Crippen LogP contribution in [0.2, 0.25) is 0 Å².